The van der Waals surface area contributed by atoms with Crippen LogP contribution in [0.1, 0.15) is 22.8 Å². The number of ether oxygens (including phenoxy) is 2. The smallest absolute Gasteiger partial charge is 0.329 e. The van der Waals surface area contributed by atoms with Crippen LogP contribution in [0.5, 0.6) is 11.5 Å². The van der Waals surface area contributed by atoms with E-state index in [0.717, 1.165) is 0 Å². The van der Waals surface area contributed by atoms with Gasteiger partial charge in [0.05, 0.1) is 25.9 Å². The molecule has 0 radical (unpaired) electrons. The van der Waals surface area contributed by atoms with Crippen molar-refractivity contribution in [2.45, 2.75) is 6.92 Å². The molecular formula is C19H18N3O6-. The summed E-state index contributed by atoms with van der Waals surface area (Å²) in [7, 11) is 1.51. The second kappa shape index (κ2) is 9.72. The summed E-state index contributed by atoms with van der Waals surface area (Å²) in [4.78, 5) is 34.8. The van der Waals surface area contributed by atoms with Crippen molar-refractivity contribution in [2.24, 2.45) is 5.10 Å². The van der Waals surface area contributed by atoms with E-state index in [1.165, 1.54) is 25.5 Å². The highest BCUT2D eigenvalue weighted by molar-refractivity contribution is 6.39. The summed E-state index contributed by atoms with van der Waals surface area (Å²) in [6, 6.07) is 10.7. The summed E-state index contributed by atoms with van der Waals surface area (Å²) < 4.78 is 10.2. The van der Waals surface area contributed by atoms with E-state index in [1.54, 1.807) is 37.3 Å². The number of carbonyl (C=O) groups is 3. The SMILES string of the molecule is CCOc1ccc(/C=N\NC(=O)C(=O)Nc2ccc(OC)cc2)cc1C(=O)[O-]. The third-order valence-corrected chi connectivity index (χ3v) is 3.46. The largest absolute Gasteiger partial charge is 0.545 e. The number of anilines is 1. The lowest BCUT2D eigenvalue weighted by Gasteiger charge is -2.11. The molecule has 0 aromatic heterocycles. The molecule has 0 aliphatic heterocycles. The standard InChI is InChI=1S/C19H19N3O6/c1-3-28-16-9-4-12(10-15(16)19(25)26)11-20-22-18(24)17(23)21-13-5-7-14(27-2)8-6-13/h4-11H,3H2,1-2H3,(H,21,23)(H,22,24)(H,25,26)/p-1/b20-11-. The molecule has 2 rings (SSSR count). The molecule has 0 fully saturated rings. The Morgan fingerprint density at radius 1 is 1.11 bits per heavy atom. The molecule has 0 spiro atoms. The number of carboxylic acid groups (broad SMARTS) is 1. The third kappa shape index (κ3) is 5.56. The van der Waals surface area contributed by atoms with Crippen molar-refractivity contribution < 1.29 is 29.0 Å². The number of nitrogens with zero attached hydrogens (tertiary/aromatic N) is 1. The molecule has 9 nitrogen and oxygen atoms in total. The van der Waals surface area contributed by atoms with Gasteiger partial charge in [0, 0.05) is 11.3 Å². The number of aromatic carboxylic acids is 1. The minimum absolute atomic E-state index is 0.144. The zero-order chi connectivity index (χ0) is 20.5. The molecule has 0 unspecified atom stereocenters. The van der Waals surface area contributed by atoms with E-state index in [2.05, 4.69) is 15.8 Å². The maximum absolute atomic E-state index is 11.8. The monoisotopic (exact) mass is 384 g/mol. The molecule has 28 heavy (non-hydrogen) atoms. The van der Waals surface area contributed by atoms with Crippen LogP contribution < -0.4 is 25.3 Å². The van der Waals surface area contributed by atoms with Crippen LogP contribution in [-0.4, -0.2) is 37.7 Å². The number of hydrogen-bond donors (Lipinski definition) is 2. The van der Waals surface area contributed by atoms with Gasteiger partial charge in [0.15, 0.2) is 0 Å². The Balaban J connectivity index is 1.97. The molecule has 0 aliphatic rings. The predicted molar refractivity (Wildman–Crippen MR) is 99.3 cm³/mol. The van der Waals surface area contributed by atoms with E-state index in [-0.39, 0.29) is 11.3 Å². The summed E-state index contributed by atoms with van der Waals surface area (Å²) in [5.41, 5.74) is 2.70. The number of hydrogen-bond acceptors (Lipinski definition) is 7. The Hall–Kier alpha value is -3.88. The fraction of sp³-hybridized carbons (Fsp3) is 0.158. The lowest BCUT2D eigenvalue weighted by molar-refractivity contribution is -0.255. The van der Waals surface area contributed by atoms with E-state index in [4.69, 9.17) is 9.47 Å². The van der Waals surface area contributed by atoms with Gasteiger partial charge < -0.3 is 24.7 Å². The lowest BCUT2D eigenvalue weighted by atomic mass is 10.1. The van der Waals surface area contributed by atoms with Crippen molar-refractivity contribution in [3.05, 3.63) is 53.6 Å². The molecule has 2 aromatic carbocycles. The minimum atomic E-state index is -1.40. The first-order valence-corrected chi connectivity index (χ1v) is 8.21. The van der Waals surface area contributed by atoms with Gasteiger partial charge in [-0.2, -0.15) is 5.10 Å². The highest BCUT2D eigenvalue weighted by Gasteiger charge is 2.13. The van der Waals surface area contributed by atoms with E-state index in [1.807, 2.05) is 0 Å². The van der Waals surface area contributed by atoms with Crippen molar-refractivity contribution in [1.82, 2.24) is 5.43 Å². The summed E-state index contributed by atoms with van der Waals surface area (Å²) in [5, 5.41) is 17.2. The zero-order valence-electron chi connectivity index (χ0n) is 15.2. The van der Waals surface area contributed by atoms with Gasteiger partial charge in [0.1, 0.15) is 11.5 Å². The first-order chi connectivity index (χ1) is 13.4. The average Bonchev–Trinajstić information content (AvgIpc) is 2.69. The fourth-order valence-corrected chi connectivity index (χ4v) is 2.15. The topological polar surface area (TPSA) is 129 Å². The Labute approximate surface area is 161 Å². The minimum Gasteiger partial charge on any atom is -0.545 e. The number of rotatable bonds is 7. The molecule has 2 amide bonds. The molecule has 2 aromatic rings. The first-order valence-electron chi connectivity index (χ1n) is 8.21. The first kappa shape index (κ1) is 20.4. The van der Waals surface area contributed by atoms with Gasteiger partial charge in [0.25, 0.3) is 0 Å². The highest BCUT2D eigenvalue weighted by atomic mass is 16.5. The van der Waals surface area contributed by atoms with Crippen LogP contribution in [0.2, 0.25) is 0 Å². The van der Waals surface area contributed by atoms with Gasteiger partial charge in [-0.1, -0.05) is 0 Å². The van der Waals surface area contributed by atoms with Gasteiger partial charge in [0.2, 0.25) is 0 Å². The Morgan fingerprint density at radius 3 is 2.43 bits per heavy atom. The number of methoxy groups -OCH3 is 1. The van der Waals surface area contributed by atoms with E-state index >= 15 is 0 Å². The van der Waals surface area contributed by atoms with Crippen molar-refractivity contribution in [3.8, 4) is 11.5 Å². The highest BCUT2D eigenvalue weighted by Crippen LogP contribution is 2.19. The Kier molecular flexibility index (Phi) is 7.09. The summed E-state index contributed by atoms with van der Waals surface area (Å²) in [5.74, 6) is -2.52. The second-order valence-corrected chi connectivity index (χ2v) is 5.36. The zero-order valence-corrected chi connectivity index (χ0v) is 15.2. The van der Waals surface area contributed by atoms with Gasteiger partial charge in [-0.3, -0.25) is 9.59 Å². The average molecular weight is 384 g/mol. The van der Waals surface area contributed by atoms with Crippen LogP contribution in [0.15, 0.2) is 47.6 Å². The Bertz CT molecular complexity index is 893. The summed E-state index contributed by atoms with van der Waals surface area (Å²) in [6.07, 6.45) is 1.20. The normalized spacial score (nSPS) is 10.4. The van der Waals surface area contributed by atoms with Crippen LogP contribution in [0.3, 0.4) is 0 Å². The van der Waals surface area contributed by atoms with Gasteiger partial charge >= 0.3 is 11.8 Å². The van der Waals surface area contributed by atoms with E-state index in [0.29, 0.717) is 23.6 Å². The molecule has 0 aliphatic carbocycles. The number of amides is 2. The number of benzene rings is 2. The van der Waals surface area contributed by atoms with Crippen LogP contribution in [0.25, 0.3) is 0 Å². The molecule has 2 N–H and O–H groups in total. The number of nitrogens with one attached hydrogen (secondary N) is 2. The van der Waals surface area contributed by atoms with Crippen LogP contribution in [0.4, 0.5) is 5.69 Å². The van der Waals surface area contributed by atoms with Gasteiger partial charge in [-0.05, 0) is 55.0 Å². The van der Waals surface area contributed by atoms with Crippen molar-refractivity contribution in [1.29, 1.82) is 0 Å². The molecule has 146 valence electrons. The molecule has 0 saturated carbocycles. The number of carboxylic acids is 1. The van der Waals surface area contributed by atoms with E-state index in [9.17, 15) is 19.5 Å². The molecule has 0 bridgehead atoms. The molecule has 9 heteroatoms. The van der Waals surface area contributed by atoms with Crippen molar-refractivity contribution in [3.63, 3.8) is 0 Å². The second-order valence-electron chi connectivity index (χ2n) is 5.36. The third-order valence-electron chi connectivity index (χ3n) is 3.46. The van der Waals surface area contributed by atoms with Crippen LogP contribution in [0, 0.1) is 0 Å². The van der Waals surface area contributed by atoms with Gasteiger partial charge in [-0.25, -0.2) is 5.43 Å². The van der Waals surface area contributed by atoms with Crippen LogP contribution >= 0.6 is 0 Å². The number of carbonyl (C=O) groups excluding carboxylic acids is 3. The van der Waals surface area contributed by atoms with Crippen molar-refractivity contribution >= 4 is 29.7 Å². The molecule has 0 heterocycles. The predicted octanol–water partition coefficient (Wildman–Crippen LogP) is 0.546. The van der Waals surface area contributed by atoms with E-state index < -0.39 is 17.8 Å². The van der Waals surface area contributed by atoms with Crippen molar-refractivity contribution in [2.75, 3.05) is 19.0 Å². The van der Waals surface area contributed by atoms with Gasteiger partial charge in [-0.15, -0.1) is 0 Å². The fourth-order valence-electron chi connectivity index (χ4n) is 2.15. The summed E-state index contributed by atoms with van der Waals surface area (Å²) in [6.45, 7) is 2.02. The molecule has 0 atom stereocenters. The summed E-state index contributed by atoms with van der Waals surface area (Å²) >= 11 is 0. The Morgan fingerprint density at radius 2 is 1.82 bits per heavy atom. The maximum atomic E-state index is 11.8. The molecular weight excluding hydrogens is 366 g/mol. The lowest BCUT2D eigenvalue weighted by Crippen LogP contribution is -2.32. The molecule has 0 saturated heterocycles. The maximum Gasteiger partial charge on any atom is 0.329 e. The van der Waals surface area contributed by atoms with Crippen LogP contribution in [-0.2, 0) is 9.59 Å². The quantitative estimate of drug-likeness (QED) is 0.407. The number of hydrazone groups is 1.